The molecule has 0 aliphatic heterocycles. The van der Waals surface area contributed by atoms with E-state index < -0.39 is 5.97 Å². The summed E-state index contributed by atoms with van der Waals surface area (Å²) in [5.74, 6) is -0.249. The predicted octanol–water partition coefficient (Wildman–Crippen LogP) is 6.31. The Labute approximate surface area is 163 Å². The monoisotopic (exact) mass is 370 g/mol. The number of allylic oxidation sites excluding steroid dienone is 4. The topological polar surface area (TPSA) is 57.5 Å². The van der Waals surface area contributed by atoms with Gasteiger partial charge in [0.15, 0.2) is 0 Å². The van der Waals surface area contributed by atoms with Gasteiger partial charge in [-0.15, -0.1) is 0 Å². The molecular weight excluding hydrogens is 336 g/mol. The van der Waals surface area contributed by atoms with Crippen LogP contribution in [-0.4, -0.2) is 16.2 Å². The zero-order valence-electron chi connectivity index (χ0n) is 16.6. The van der Waals surface area contributed by atoms with E-state index in [1.54, 1.807) is 0 Å². The summed E-state index contributed by atoms with van der Waals surface area (Å²) < 4.78 is 0. The summed E-state index contributed by atoms with van der Waals surface area (Å²) in [7, 11) is 0. The second-order valence-corrected chi connectivity index (χ2v) is 7.55. The van der Waals surface area contributed by atoms with E-state index in [-0.39, 0.29) is 12.5 Å². The first-order chi connectivity index (χ1) is 13.1. The summed E-state index contributed by atoms with van der Waals surface area (Å²) in [6, 6.07) is 8.53. The van der Waals surface area contributed by atoms with E-state index in [4.69, 9.17) is 5.11 Å². The molecule has 2 N–H and O–H groups in total. The second kappa shape index (κ2) is 11.8. The van der Waals surface area contributed by atoms with Crippen molar-refractivity contribution in [3.8, 4) is 0 Å². The number of benzene rings is 1. The van der Waals surface area contributed by atoms with E-state index in [9.17, 15) is 9.90 Å². The van der Waals surface area contributed by atoms with E-state index in [2.05, 4.69) is 49.4 Å². The van der Waals surface area contributed by atoms with Crippen LogP contribution in [-0.2, 0) is 4.79 Å². The lowest BCUT2D eigenvalue weighted by Gasteiger charge is -2.16. The molecule has 0 amide bonds. The number of unbranched alkanes of at least 4 members (excludes halogenated alkanes) is 3. The van der Waals surface area contributed by atoms with Crippen LogP contribution in [0.5, 0.6) is 0 Å². The fourth-order valence-electron chi connectivity index (χ4n) is 3.78. The molecule has 0 radical (unpaired) electrons. The average Bonchev–Trinajstić information content (AvgIpc) is 3.13. The molecule has 0 aromatic heterocycles. The largest absolute Gasteiger partial charge is 0.481 e. The highest BCUT2D eigenvalue weighted by Gasteiger charge is 2.20. The van der Waals surface area contributed by atoms with Crippen molar-refractivity contribution < 1.29 is 15.0 Å². The SMILES string of the molecule is CCCCCC(O)c1ccc(C2CCC=C2C/C=C\CCCC(=O)O)cc1. The molecule has 2 unspecified atom stereocenters. The van der Waals surface area contributed by atoms with Crippen LogP contribution in [0.1, 0.15) is 94.3 Å². The first kappa shape index (κ1) is 21.4. The summed E-state index contributed by atoms with van der Waals surface area (Å²) in [4.78, 5) is 10.5. The lowest BCUT2D eigenvalue weighted by molar-refractivity contribution is -0.137. The van der Waals surface area contributed by atoms with Crippen molar-refractivity contribution >= 4 is 5.97 Å². The molecule has 1 aromatic carbocycles. The van der Waals surface area contributed by atoms with Crippen molar-refractivity contribution in [1.29, 1.82) is 0 Å². The Hall–Kier alpha value is -1.87. The maximum atomic E-state index is 10.5. The minimum atomic E-state index is -0.721. The van der Waals surface area contributed by atoms with Crippen LogP contribution in [0, 0.1) is 0 Å². The maximum Gasteiger partial charge on any atom is 0.303 e. The van der Waals surface area contributed by atoms with Gasteiger partial charge in [-0.3, -0.25) is 4.79 Å². The van der Waals surface area contributed by atoms with Gasteiger partial charge in [0.25, 0.3) is 0 Å². The van der Waals surface area contributed by atoms with Crippen LogP contribution in [0.4, 0.5) is 0 Å². The normalized spacial score (nSPS) is 18.0. The van der Waals surface area contributed by atoms with Crippen LogP contribution in [0.2, 0.25) is 0 Å². The lowest BCUT2D eigenvalue weighted by atomic mass is 9.89. The fraction of sp³-hybridized carbons (Fsp3) is 0.542. The zero-order chi connectivity index (χ0) is 19.5. The number of aliphatic hydroxyl groups excluding tert-OH is 1. The minimum absolute atomic E-state index is 0.242. The summed E-state index contributed by atoms with van der Waals surface area (Å²) in [6.45, 7) is 2.18. The fourth-order valence-corrected chi connectivity index (χ4v) is 3.78. The van der Waals surface area contributed by atoms with E-state index >= 15 is 0 Å². The molecule has 148 valence electrons. The number of aliphatic hydroxyl groups is 1. The van der Waals surface area contributed by atoms with Gasteiger partial charge in [-0.1, -0.05) is 74.3 Å². The summed E-state index contributed by atoms with van der Waals surface area (Å²) in [5, 5.41) is 19.0. The molecule has 0 spiro atoms. The Morgan fingerprint density at radius 2 is 1.96 bits per heavy atom. The molecule has 0 bridgehead atoms. The highest BCUT2D eigenvalue weighted by atomic mass is 16.4. The van der Waals surface area contributed by atoms with Crippen molar-refractivity contribution in [2.45, 2.75) is 83.2 Å². The predicted molar refractivity (Wildman–Crippen MR) is 111 cm³/mol. The molecule has 2 atom stereocenters. The van der Waals surface area contributed by atoms with Gasteiger partial charge in [0.05, 0.1) is 6.10 Å². The molecule has 3 heteroatoms. The smallest absolute Gasteiger partial charge is 0.303 e. The average molecular weight is 371 g/mol. The quantitative estimate of drug-likeness (QED) is 0.335. The number of rotatable bonds is 12. The van der Waals surface area contributed by atoms with E-state index in [0.29, 0.717) is 12.3 Å². The van der Waals surface area contributed by atoms with E-state index in [0.717, 1.165) is 44.1 Å². The molecule has 1 aliphatic carbocycles. The van der Waals surface area contributed by atoms with Gasteiger partial charge in [0, 0.05) is 12.3 Å². The molecule has 0 heterocycles. The van der Waals surface area contributed by atoms with Gasteiger partial charge in [-0.2, -0.15) is 0 Å². The summed E-state index contributed by atoms with van der Waals surface area (Å²) in [5.41, 5.74) is 3.82. The third-order valence-corrected chi connectivity index (χ3v) is 5.40. The van der Waals surface area contributed by atoms with Crippen molar-refractivity contribution in [2.24, 2.45) is 0 Å². The number of hydrogen-bond acceptors (Lipinski definition) is 2. The van der Waals surface area contributed by atoms with Gasteiger partial charge in [0.1, 0.15) is 0 Å². The van der Waals surface area contributed by atoms with Crippen molar-refractivity contribution in [3.05, 3.63) is 59.2 Å². The van der Waals surface area contributed by atoms with Crippen molar-refractivity contribution in [3.63, 3.8) is 0 Å². The third kappa shape index (κ3) is 7.34. The Kier molecular flexibility index (Phi) is 9.34. The second-order valence-electron chi connectivity index (χ2n) is 7.55. The number of hydrogen-bond donors (Lipinski definition) is 2. The highest BCUT2D eigenvalue weighted by molar-refractivity contribution is 5.66. The van der Waals surface area contributed by atoms with Crippen molar-refractivity contribution in [2.75, 3.05) is 0 Å². The van der Waals surface area contributed by atoms with Crippen LogP contribution in [0.15, 0.2) is 48.1 Å². The first-order valence-electron chi connectivity index (χ1n) is 10.5. The van der Waals surface area contributed by atoms with Crippen LogP contribution < -0.4 is 0 Å². The number of carbonyl (C=O) groups is 1. The van der Waals surface area contributed by atoms with Crippen LogP contribution >= 0.6 is 0 Å². The van der Waals surface area contributed by atoms with Gasteiger partial charge in [-0.05, 0) is 49.7 Å². The third-order valence-electron chi connectivity index (χ3n) is 5.40. The molecule has 0 saturated heterocycles. The lowest BCUT2D eigenvalue weighted by Crippen LogP contribution is -2.01. The van der Waals surface area contributed by atoms with E-state index in [1.807, 2.05) is 0 Å². The molecular formula is C24H34O3. The highest BCUT2D eigenvalue weighted by Crippen LogP contribution is 2.37. The Bertz CT molecular complexity index is 628. The summed E-state index contributed by atoms with van der Waals surface area (Å²) in [6.07, 6.45) is 15.5. The number of aliphatic carboxylic acids is 1. The van der Waals surface area contributed by atoms with Gasteiger partial charge >= 0.3 is 5.97 Å². The number of carboxylic acids is 1. The Morgan fingerprint density at radius 1 is 1.19 bits per heavy atom. The minimum Gasteiger partial charge on any atom is -0.481 e. The summed E-state index contributed by atoms with van der Waals surface area (Å²) >= 11 is 0. The van der Waals surface area contributed by atoms with Crippen LogP contribution in [0.25, 0.3) is 0 Å². The number of carboxylic acid groups (broad SMARTS) is 1. The molecule has 1 aliphatic rings. The van der Waals surface area contributed by atoms with Gasteiger partial charge in [-0.25, -0.2) is 0 Å². The molecule has 27 heavy (non-hydrogen) atoms. The van der Waals surface area contributed by atoms with Crippen molar-refractivity contribution in [1.82, 2.24) is 0 Å². The maximum absolute atomic E-state index is 10.5. The van der Waals surface area contributed by atoms with Gasteiger partial charge < -0.3 is 10.2 Å². The van der Waals surface area contributed by atoms with Crippen LogP contribution in [0.3, 0.4) is 0 Å². The van der Waals surface area contributed by atoms with Gasteiger partial charge in [0.2, 0.25) is 0 Å². The molecule has 0 saturated carbocycles. The molecule has 2 rings (SSSR count). The Morgan fingerprint density at radius 3 is 2.67 bits per heavy atom. The molecule has 1 aromatic rings. The van der Waals surface area contributed by atoms with E-state index in [1.165, 1.54) is 24.0 Å². The molecule has 3 nitrogen and oxygen atoms in total. The first-order valence-corrected chi connectivity index (χ1v) is 10.5. The Balaban J connectivity index is 1.84. The zero-order valence-corrected chi connectivity index (χ0v) is 16.6. The molecule has 0 fully saturated rings. The standard InChI is InChI=1S/C24H34O3/c1-2-3-6-13-23(25)21-17-15-20(16-18-21)22-12-9-11-19(22)10-7-4-5-8-14-24(26)27/h4,7,11,15-18,22-23,25H,2-3,5-6,8-10,12-14H2,1H3,(H,26,27)/b7-4-.